The van der Waals surface area contributed by atoms with Crippen LogP contribution in [-0.2, 0) is 10.0 Å². The Hall–Kier alpha value is -1.78. The molecule has 1 heterocycles. The highest BCUT2D eigenvalue weighted by Gasteiger charge is 2.38. The average molecular weight is 308 g/mol. The zero-order valence-electron chi connectivity index (χ0n) is 11.5. The van der Waals surface area contributed by atoms with Crippen molar-refractivity contribution >= 4 is 10.0 Å². The molecule has 7 heteroatoms. The first-order chi connectivity index (χ1) is 10.0. The van der Waals surface area contributed by atoms with Crippen molar-refractivity contribution in [1.29, 1.82) is 5.26 Å². The average Bonchev–Trinajstić information content (AvgIpc) is 2.95. The maximum absolute atomic E-state index is 12.5. The van der Waals surface area contributed by atoms with Crippen molar-refractivity contribution in [3.05, 3.63) is 18.2 Å². The molecule has 6 nitrogen and oxygen atoms in total. The molecule has 3 rings (SSSR count). The molecule has 1 aliphatic carbocycles. The Labute approximate surface area is 123 Å². The van der Waals surface area contributed by atoms with Gasteiger partial charge in [-0.3, -0.25) is 0 Å². The lowest BCUT2D eigenvalue weighted by Gasteiger charge is -2.23. The van der Waals surface area contributed by atoms with Gasteiger partial charge in [0.2, 0.25) is 10.0 Å². The first-order valence-electron chi connectivity index (χ1n) is 6.90. The molecular formula is C14H16N2O4S. The minimum Gasteiger partial charge on any atom is -0.486 e. The fraction of sp³-hybridized carbons (Fsp3) is 0.500. The fourth-order valence-corrected chi connectivity index (χ4v) is 4.11. The first-order valence-corrected chi connectivity index (χ1v) is 8.38. The molecule has 0 aromatic heterocycles. The fourth-order valence-electron chi connectivity index (χ4n) is 2.72. The van der Waals surface area contributed by atoms with E-state index in [1.807, 2.05) is 0 Å². The van der Waals surface area contributed by atoms with Crippen LogP contribution in [0.2, 0.25) is 0 Å². The smallest absolute Gasteiger partial charge is 0.242 e. The van der Waals surface area contributed by atoms with Crippen LogP contribution < -0.4 is 14.2 Å². The molecule has 1 saturated carbocycles. The van der Waals surface area contributed by atoms with E-state index >= 15 is 0 Å². The molecule has 1 aliphatic heterocycles. The van der Waals surface area contributed by atoms with Gasteiger partial charge < -0.3 is 9.47 Å². The second-order valence-electron chi connectivity index (χ2n) is 5.31. The van der Waals surface area contributed by atoms with Gasteiger partial charge >= 0.3 is 0 Å². The normalized spacial score (nSPS) is 20.0. The van der Waals surface area contributed by atoms with Gasteiger partial charge in [0.15, 0.2) is 11.5 Å². The molecule has 0 radical (unpaired) electrons. The Kier molecular flexibility index (Phi) is 3.51. The standard InChI is InChI=1S/C14H16N2O4S/c15-10-14(5-1-2-6-14)16-21(17,18)11-3-4-12-13(9-11)20-8-7-19-12/h3-4,9,16H,1-2,5-8H2. The van der Waals surface area contributed by atoms with Gasteiger partial charge in [-0.25, -0.2) is 8.42 Å². The lowest BCUT2D eigenvalue weighted by atomic mass is 10.0. The zero-order chi connectivity index (χ0) is 14.9. The van der Waals surface area contributed by atoms with Crippen LogP contribution in [0.3, 0.4) is 0 Å². The molecule has 1 N–H and O–H groups in total. The molecule has 1 fully saturated rings. The third-order valence-corrected chi connectivity index (χ3v) is 5.36. The Bertz CT molecular complexity index is 687. The van der Waals surface area contributed by atoms with E-state index in [2.05, 4.69) is 10.8 Å². The van der Waals surface area contributed by atoms with E-state index in [0.29, 0.717) is 37.6 Å². The summed E-state index contributed by atoms with van der Waals surface area (Å²) in [6.45, 7) is 0.848. The van der Waals surface area contributed by atoms with Crippen LogP contribution in [0.4, 0.5) is 0 Å². The van der Waals surface area contributed by atoms with Crippen molar-refractivity contribution in [3.8, 4) is 17.6 Å². The summed E-state index contributed by atoms with van der Waals surface area (Å²) in [4.78, 5) is 0.0910. The van der Waals surface area contributed by atoms with Gasteiger partial charge in [0.05, 0.1) is 11.0 Å². The van der Waals surface area contributed by atoms with Gasteiger partial charge in [0, 0.05) is 6.07 Å². The maximum Gasteiger partial charge on any atom is 0.242 e. The summed E-state index contributed by atoms with van der Waals surface area (Å²) in [5.41, 5.74) is -0.980. The summed E-state index contributed by atoms with van der Waals surface area (Å²) in [7, 11) is -3.76. The zero-order valence-corrected chi connectivity index (χ0v) is 12.3. The van der Waals surface area contributed by atoms with Crippen LogP contribution in [0, 0.1) is 11.3 Å². The van der Waals surface area contributed by atoms with Crippen molar-refractivity contribution in [2.75, 3.05) is 13.2 Å². The third-order valence-electron chi connectivity index (χ3n) is 3.82. The number of benzene rings is 1. The van der Waals surface area contributed by atoms with Gasteiger partial charge in [-0.05, 0) is 25.0 Å². The monoisotopic (exact) mass is 308 g/mol. The van der Waals surface area contributed by atoms with E-state index in [1.165, 1.54) is 12.1 Å². The number of hydrogen-bond acceptors (Lipinski definition) is 5. The predicted octanol–water partition coefficient (Wildman–Crippen LogP) is 1.57. The summed E-state index contributed by atoms with van der Waals surface area (Å²) in [5, 5.41) is 9.30. The highest BCUT2D eigenvalue weighted by Crippen LogP contribution is 2.34. The number of nitriles is 1. The Morgan fingerprint density at radius 2 is 1.81 bits per heavy atom. The molecular weight excluding hydrogens is 292 g/mol. The van der Waals surface area contributed by atoms with Gasteiger partial charge in [-0.1, -0.05) is 12.8 Å². The van der Waals surface area contributed by atoms with Gasteiger partial charge in [-0.2, -0.15) is 9.98 Å². The van der Waals surface area contributed by atoms with Gasteiger partial charge in [0.1, 0.15) is 18.8 Å². The van der Waals surface area contributed by atoms with Crippen molar-refractivity contribution in [2.24, 2.45) is 0 Å². The van der Waals surface area contributed by atoms with E-state index in [9.17, 15) is 13.7 Å². The molecule has 21 heavy (non-hydrogen) atoms. The Balaban J connectivity index is 1.90. The van der Waals surface area contributed by atoms with E-state index in [-0.39, 0.29) is 4.90 Å². The second kappa shape index (κ2) is 5.20. The van der Waals surface area contributed by atoms with Gasteiger partial charge in [0.25, 0.3) is 0 Å². The second-order valence-corrected chi connectivity index (χ2v) is 6.99. The number of sulfonamides is 1. The van der Waals surface area contributed by atoms with E-state index in [1.54, 1.807) is 6.07 Å². The maximum atomic E-state index is 12.5. The molecule has 0 amide bonds. The van der Waals surface area contributed by atoms with Crippen molar-refractivity contribution in [1.82, 2.24) is 4.72 Å². The Morgan fingerprint density at radius 1 is 1.14 bits per heavy atom. The van der Waals surface area contributed by atoms with Crippen molar-refractivity contribution < 1.29 is 17.9 Å². The lowest BCUT2D eigenvalue weighted by Crippen LogP contribution is -2.44. The van der Waals surface area contributed by atoms with E-state index < -0.39 is 15.6 Å². The number of rotatable bonds is 3. The first kappa shape index (κ1) is 14.2. The van der Waals surface area contributed by atoms with Crippen LogP contribution in [0.1, 0.15) is 25.7 Å². The summed E-state index contributed by atoms with van der Waals surface area (Å²) < 4.78 is 38.3. The molecule has 0 atom stereocenters. The number of fused-ring (bicyclic) bond motifs is 1. The lowest BCUT2D eigenvalue weighted by molar-refractivity contribution is 0.171. The van der Waals surface area contributed by atoms with Gasteiger partial charge in [-0.15, -0.1) is 0 Å². The minimum absolute atomic E-state index is 0.0910. The van der Waals surface area contributed by atoms with Crippen LogP contribution in [0.25, 0.3) is 0 Å². The number of nitrogens with one attached hydrogen (secondary N) is 1. The quantitative estimate of drug-likeness (QED) is 0.915. The number of hydrogen-bond donors (Lipinski definition) is 1. The van der Waals surface area contributed by atoms with E-state index in [4.69, 9.17) is 9.47 Å². The van der Waals surface area contributed by atoms with Crippen LogP contribution >= 0.6 is 0 Å². The summed E-state index contributed by atoms with van der Waals surface area (Å²) in [6, 6.07) is 6.61. The van der Waals surface area contributed by atoms with E-state index in [0.717, 1.165) is 12.8 Å². The largest absolute Gasteiger partial charge is 0.486 e. The highest BCUT2D eigenvalue weighted by atomic mass is 32.2. The molecule has 1 aromatic rings. The summed E-state index contributed by atoms with van der Waals surface area (Å²) >= 11 is 0. The Morgan fingerprint density at radius 3 is 2.48 bits per heavy atom. The molecule has 0 saturated heterocycles. The van der Waals surface area contributed by atoms with Crippen LogP contribution in [-0.4, -0.2) is 27.2 Å². The van der Waals surface area contributed by atoms with Crippen molar-refractivity contribution in [3.63, 3.8) is 0 Å². The highest BCUT2D eigenvalue weighted by molar-refractivity contribution is 7.89. The van der Waals surface area contributed by atoms with Crippen LogP contribution in [0.5, 0.6) is 11.5 Å². The minimum atomic E-state index is -3.76. The number of ether oxygens (including phenoxy) is 2. The summed E-state index contributed by atoms with van der Waals surface area (Å²) in [6.07, 6.45) is 2.81. The molecule has 112 valence electrons. The van der Waals surface area contributed by atoms with Crippen LogP contribution in [0.15, 0.2) is 23.1 Å². The van der Waals surface area contributed by atoms with Crippen molar-refractivity contribution in [2.45, 2.75) is 36.1 Å². The third kappa shape index (κ3) is 2.69. The number of nitrogens with zero attached hydrogens (tertiary/aromatic N) is 1. The SMILES string of the molecule is N#CC1(NS(=O)(=O)c2ccc3c(c2)OCCO3)CCCC1. The summed E-state index contributed by atoms with van der Waals surface area (Å²) in [5.74, 6) is 0.956. The molecule has 0 spiro atoms. The molecule has 0 bridgehead atoms. The molecule has 0 unspecified atom stereocenters. The molecule has 2 aliphatic rings. The molecule has 1 aromatic carbocycles. The predicted molar refractivity (Wildman–Crippen MR) is 74.6 cm³/mol. The topological polar surface area (TPSA) is 88.4 Å².